The first kappa shape index (κ1) is 25.9. The monoisotopic (exact) mass is 475 g/mol. The van der Waals surface area contributed by atoms with Crippen LogP contribution in [0.3, 0.4) is 0 Å². The highest BCUT2D eigenvalue weighted by atomic mass is 16.7. The zero-order chi connectivity index (χ0) is 23.8. The van der Waals surface area contributed by atoms with Crippen molar-refractivity contribution in [1.82, 2.24) is 5.06 Å². The van der Waals surface area contributed by atoms with Crippen molar-refractivity contribution >= 4 is 11.7 Å². The number of ether oxygens (including phenoxy) is 3. The van der Waals surface area contributed by atoms with Crippen molar-refractivity contribution in [2.24, 2.45) is 10.3 Å². The summed E-state index contributed by atoms with van der Waals surface area (Å²) in [5.74, 6) is -0.312. The minimum Gasteiger partial charge on any atom is -0.393 e. The number of hydrogen-bond donors (Lipinski definition) is 0. The van der Waals surface area contributed by atoms with E-state index in [-0.39, 0.29) is 18.1 Å². The second-order valence-electron chi connectivity index (χ2n) is 8.03. The van der Waals surface area contributed by atoms with Crippen LogP contribution in [0, 0.1) is 0 Å². The molecule has 2 unspecified atom stereocenters. The van der Waals surface area contributed by atoms with Crippen molar-refractivity contribution in [1.29, 1.82) is 0 Å². The van der Waals surface area contributed by atoms with Gasteiger partial charge in [0.1, 0.15) is 6.61 Å². The zero-order valence-corrected chi connectivity index (χ0v) is 19.4. The molecule has 0 spiro atoms. The lowest BCUT2D eigenvalue weighted by atomic mass is 9.85. The predicted molar refractivity (Wildman–Crippen MR) is 124 cm³/mol. The van der Waals surface area contributed by atoms with Crippen LogP contribution < -0.4 is 0 Å². The maximum absolute atomic E-state index is 12.5. The Morgan fingerprint density at radius 2 is 1.56 bits per heavy atom. The summed E-state index contributed by atoms with van der Waals surface area (Å²) in [5.41, 5.74) is 9.71. The number of rotatable bonds is 15. The van der Waals surface area contributed by atoms with E-state index in [0.29, 0.717) is 58.4 Å². The number of hydroxylamine groups is 2. The van der Waals surface area contributed by atoms with E-state index in [1.165, 1.54) is 0 Å². The lowest BCUT2D eigenvalue weighted by Gasteiger charge is -2.43. The molecule has 2 atom stereocenters. The second-order valence-corrected chi connectivity index (χ2v) is 8.03. The van der Waals surface area contributed by atoms with Crippen molar-refractivity contribution in [3.8, 4) is 0 Å². The highest BCUT2D eigenvalue weighted by Gasteiger charge is 2.39. The zero-order valence-electron chi connectivity index (χ0n) is 19.4. The van der Waals surface area contributed by atoms with E-state index in [1.807, 2.05) is 23.3 Å². The van der Waals surface area contributed by atoms with Crippen LogP contribution in [0.5, 0.6) is 0 Å². The topological polar surface area (TPSA) is 128 Å². The average Bonchev–Trinajstić information content (AvgIpc) is 2.85. The SMILES string of the molecule is [N-]=[N+]=NCCOCCOCCOCCON=C1CC2CCCC(C1)N2OC(=O)c1ccccc1. The van der Waals surface area contributed by atoms with Crippen LogP contribution in [0.1, 0.15) is 42.5 Å². The van der Waals surface area contributed by atoms with Crippen LogP contribution in [0.25, 0.3) is 10.4 Å². The van der Waals surface area contributed by atoms with Gasteiger partial charge in [0, 0.05) is 24.3 Å². The first-order valence-electron chi connectivity index (χ1n) is 11.8. The molecular formula is C23H33N5O6. The fourth-order valence-corrected chi connectivity index (χ4v) is 4.02. The van der Waals surface area contributed by atoms with Crippen LogP contribution >= 0.6 is 0 Å². The Morgan fingerprint density at radius 1 is 0.941 bits per heavy atom. The minimum absolute atomic E-state index is 0.138. The van der Waals surface area contributed by atoms with Gasteiger partial charge in [0.15, 0.2) is 0 Å². The van der Waals surface area contributed by atoms with E-state index in [1.54, 1.807) is 12.1 Å². The normalized spacial score (nSPS) is 19.8. The standard InChI is InChI=1S/C23H33N5O6/c24-27-25-9-10-30-11-12-31-13-14-32-15-16-33-26-20-17-21-7-4-8-22(18-20)28(21)34-23(29)19-5-2-1-3-6-19/h1-3,5-6,21-22H,4,7-18H2. The number of carbonyl (C=O) groups is 1. The van der Waals surface area contributed by atoms with Crippen molar-refractivity contribution < 1.29 is 28.7 Å². The largest absolute Gasteiger partial charge is 0.393 e. The lowest BCUT2D eigenvalue weighted by molar-refractivity contribution is -0.183. The third-order valence-corrected chi connectivity index (χ3v) is 5.59. The van der Waals surface area contributed by atoms with Gasteiger partial charge in [-0.25, -0.2) is 4.79 Å². The van der Waals surface area contributed by atoms with E-state index in [4.69, 9.17) is 29.4 Å². The van der Waals surface area contributed by atoms with Gasteiger partial charge in [-0.1, -0.05) is 34.9 Å². The smallest absolute Gasteiger partial charge is 0.357 e. The number of carbonyl (C=O) groups excluding carboxylic acids is 1. The first-order valence-corrected chi connectivity index (χ1v) is 11.8. The quantitative estimate of drug-likeness (QED) is 0.125. The summed E-state index contributed by atoms with van der Waals surface area (Å²) in [7, 11) is 0. The molecule has 1 aromatic carbocycles. The Bertz CT molecular complexity index is 801. The lowest BCUT2D eigenvalue weighted by Crippen LogP contribution is -2.52. The molecule has 2 saturated heterocycles. The molecular weight excluding hydrogens is 442 g/mol. The second kappa shape index (κ2) is 15.3. The summed E-state index contributed by atoms with van der Waals surface area (Å²) in [6.45, 7) is 3.35. The van der Waals surface area contributed by atoms with Crippen molar-refractivity contribution in [2.75, 3.05) is 52.8 Å². The van der Waals surface area contributed by atoms with Gasteiger partial charge in [-0.15, -0.1) is 5.06 Å². The van der Waals surface area contributed by atoms with Crippen molar-refractivity contribution in [3.05, 3.63) is 46.3 Å². The summed E-state index contributed by atoms with van der Waals surface area (Å²) in [4.78, 5) is 26.3. The molecule has 0 saturated carbocycles. The maximum atomic E-state index is 12.5. The van der Waals surface area contributed by atoms with Crippen molar-refractivity contribution in [3.63, 3.8) is 0 Å². The van der Waals surface area contributed by atoms with E-state index in [0.717, 1.165) is 37.8 Å². The summed E-state index contributed by atoms with van der Waals surface area (Å²) in [6, 6.07) is 9.35. The number of benzene rings is 1. The van der Waals surface area contributed by atoms with Gasteiger partial charge in [-0.2, -0.15) is 0 Å². The Morgan fingerprint density at radius 3 is 2.21 bits per heavy atom. The highest BCUT2D eigenvalue weighted by Crippen LogP contribution is 2.33. The molecule has 0 radical (unpaired) electrons. The van der Waals surface area contributed by atoms with Gasteiger partial charge >= 0.3 is 5.97 Å². The Hall–Kier alpha value is -2.69. The number of piperidine rings is 2. The van der Waals surface area contributed by atoms with Crippen LogP contribution in [0.2, 0.25) is 0 Å². The molecule has 0 aliphatic carbocycles. The summed E-state index contributed by atoms with van der Waals surface area (Å²) >= 11 is 0. The molecule has 2 fully saturated rings. The molecule has 0 aromatic heterocycles. The number of azide groups is 1. The molecule has 2 aliphatic heterocycles. The first-order chi connectivity index (χ1) is 16.8. The Labute approximate surface area is 199 Å². The molecule has 0 N–H and O–H groups in total. The average molecular weight is 476 g/mol. The molecule has 0 amide bonds. The van der Waals surface area contributed by atoms with Gasteiger partial charge < -0.3 is 23.9 Å². The highest BCUT2D eigenvalue weighted by molar-refractivity contribution is 5.89. The van der Waals surface area contributed by atoms with Crippen LogP contribution in [-0.4, -0.2) is 81.6 Å². The number of nitrogens with zero attached hydrogens (tertiary/aromatic N) is 5. The van der Waals surface area contributed by atoms with Crippen LogP contribution in [0.15, 0.2) is 40.6 Å². The molecule has 3 rings (SSSR count). The van der Waals surface area contributed by atoms with Gasteiger partial charge in [0.25, 0.3) is 0 Å². The molecule has 11 heteroatoms. The van der Waals surface area contributed by atoms with E-state index >= 15 is 0 Å². The van der Waals surface area contributed by atoms with E-state index in [9.17, 15) is 4.79 Å². The molecule has 2 aliphatic rings. The molecule has 1 aromatic rings. The van der Waals surface area contributed by atoms with Gasteiger partial charge in [-0.3, -0.25) is 0 Å². The summed E-state index contributed by atoms with van der Waals surface area (Å²) in [6.07, 6.45) is 4.54. The Balaban J connectivity index is 1.26. The number of oxime groups is 1. The summed E-state index contributed by atoms with van der Waals surface area (Å²) in [5, 5.41) is 9.58. The Kier molecular flexibility index (Phi) is 11.6. The van der Waals surface area contributed by atoms with E-state index in [2.05, 4.69) is 15.2 Å². The molecule has 34 heavy (non-hydrogen) atoms. The van der Waals surface area contributed by atoms with Crippen LogP contribution in [-0.2, 0) is 23.9 Å². The van der Waals surface area contributed by atoms with Gasteiger partial charge in [0.05, 0.1) is 63.0 Å². The fourth-order valence-electron chi connectivity index (χ4n) is 4.02. The van der Waals surface area contributed by atoms with Crippen molar-refractivity contribution in [2.45, 2.75) is 44.2 Å². The number of fused-ring (bicyclic) bond motifs is 2. The molecule has 186 valence electrons. The number of hydrogen-bond acceptors (Lipinski definition) is 9. The third kappa shape index (κ3) is 8.92. The molecule has 2 heterocycles. The summed E-state index contributed by atoms with van der Waals surface area (Å²) < 4.78 is 16.1. The molecule has 2 bridgehead atoms. The van der Waals surface area contributed by atoms with Crippen LogP contribution in [0.4, 0.5) is 0 Å². The third-order valence-electron chi connectivity index (χ3n) is 5.59. The fraction of sp³-hybridized carbons (Fsp3) is 0.652. The molecule has 11 nitrogen and oxygen atoms in total. The van der Waals surface area contributed by atoms with Gasteiger partial charge in [0.2, 0.25) is 0 Å². The van der Waals surface area contributed by atoms with Gasteiger partial charge in [-0.05, 0) is 30.5 Å². The van der Waals surface area contributed by atoms with E-state index < -0.39 is 0 Å². The predicted octanol–water partition coefficient (Wildman–Crippen LogP) is 3.51. The maximum Gasteiger partial charge on any atom is 0.357 e. The minimum atomic E-state index is -0.312.